The van der Waals surface area contributed by atoms with Gasteiger partial charge in [-0.2, -0.15) is 0 Å². The molecule has 1 fully saturated rings. The molecule has 0 spiro atoms. The molecule has 0 radical (unpaired) electrons. The van der Waals surface area contributed by atoms with Crippen LogP contribution in [0.5, 0.6) is 11.5 Å². The van der Waals surface area contributed by atoms with E-state index in [-0.39, 0.29) is 0 Å². The van der Waals surface area contributed by atoms with Crippen LogP contribution in [0.3, 0.4) is 0 Å². The Morgan fingerprint density at radius 3 is 2.80 bits per heavy atom. The number of nitrogens with one attached hydrogen (secondary N) is 1. The molecule has 2 aromatic rings. The zero-order valence-electron chi connectivity index (χ0n) is 11.2. The van der Waals surface area contributed by atoms with Crippen LogP contribution in [0.1, 0.15) is 30.5 Å². The molecule has 2 aliphatic rings. The van der Waals surface area contributed by atoms with Crippen LogP contribution < -0.4 is 10.1 Å². The predicted molar refractivity (Wildman–Crippen MR) is 78.6 cm³/mol. The number of fused-ring (bicyclic) bond motifs is 2. The quantitative estimate of drug-likeness (QED) is 0.672. The SMILES string of the molecule is c1ccc2c(c1)Oc1cccnc1C2=C1CCCCN1. The van der Waals surface area contributed by atoms with Gasteiger partial charge in [0.2, 0.25) is 0 Å². The maximum absolute atomic E-state index is 5.97. The molecule has 1 saturated heterocycles. The van der Waals surface area contributed by atoms with Crippen LogP contribution in [0.4, 0.5) is 0 Å². The van der Waals surface area contributed by atoms with Crippen LogP contribution in [0.25, 0.3) is 5.57 Å². The van der Waals surface area contributed by atoms with Gasteiger partial charge in [-0.1, -0.05) is 18.2 Å². The fourth-order valence-electron chi connectivity index (χ4n) is 2.94. The molecule has 20 heavy (non-hydrogen) atoms. The number of rotatable bonds is 0. The van der Waals surface area contributed by atoms with Crippen molar-refractivity contribution in [3.63, 3.8) is 0 Å². The fourth-order valence-corrected chi connectivity index (χ4v) is 2.94. The van der Waals surface area contributed by atoms with Gasteiger partial charge >= 0.3 is 0 Å². The Hall–Kier alpha value is -2.29. The minimum atomic E-state index is 0.848. The van der Waals surface area contributed by atoms with E-state index in [0.717, 1.165) is 35.7 Å². The van der Waals surface area contributed by atoms with Crippen molar-refractivity contribution < 1.29 is 4.74 Å². The third-order valence-corrected chi connectivity index (χ3v) is 3.88. The van der Waals surface area contributed by atoms with E-state index in [1.807, 2.05) is 30.5 Å². The molecule has 0 unspecified atom stereocenters. The normalized spacial score (nSPS) is 20.4. The van der Waals surface area contributed by atoms with Crippen molar-refractivity contribution in [1.29, 1.82) is 0 Å². The van der Waals surface area contributed by atoms with Crippen LogP contribution in [-0.4, -0.2) is 11.5 Å². The maximum atomic E-state index is 5.97. The second-order valence-electron chi connectivity index (χ2n) is 5.19. The number of allylic oxidation sites excluding steroid dienone is 1. The van der Waals surface area contributed by atoms with Gasteiger partial charge < -0.3 is 10.1 Å². The number of nitrogens with zero attached hydrogens (tertiary/aromatic N) is 1. The van der Waals surface area contributed by atoms with Gasteiger partial charge in [-0.25, -0.2) is 0 Å². The highest BCUT2D eigenvalue weighted by Gasteiger charge is 2.26. The van der Waals surface area contributed by atoms with E-state index < -0.39 is 0 Å². The molecule has 0 bridgehead atoms. The lowest BCUT2D eigenvalue weighted by atomic mass is 9.93. The summed E-state index contributed by atoms with van der Waals surface area (Å²) >= 11 is 0. The van der Waals surface area contributed by atoms with Crippen molar-refractivity contribution in [3.8, 4) is 11.5 Å². The first-order valence-electron chi connectivity index (χ1n) is 7.13. The number of hydrogen-bond acceptors (Lipinski definition) is 3. The number of aromatic nitrogens is 1. The van der Waals surface area contributed by atoms with Crippen LogP contribution in [0, 0.1) is 0 Å². The average Bonchev–Trinajstić information content (AvgIpc) is 2.53. The Morgan fingerprint density at radius 2 is 1.90 bits per heavy atom. The molecule has 1 N–H and O–H groups in total. The minimum Gasteiger partial charge on any atom is -0.454 e. The number of piperidine rings is 1. The second-order valence-corrected chi connectivity index (χ2v) is 5.19. The number of benzene rings is 1. The molecule has 4 rings (SSSR count). The van der Waals surface area contributed by atoms with Crippen LogP contribution in [0.2, 0.25) is 0 Å². The summed E-state index contributed by atoms with van der Waals surface area (Å²) < 4.78 is 5.97. The smallest absolute Gasteiger partial charge is 0.153 e. The van der Waals surface area contributed by atoms with E-state index in [4.69, 9.17) is 4.74 Å². The Balaban J connectivity index is 1.97. The molecule has 0 saturated carbocycles. The Kier molecular flexibility index (Phi) is 2.69. The molecular formula is C17H16N2O. The second kappa shape index (κ2) is 4.67. The first-order chi connectivity index (χ1) is 9.93. The van der Waals surface area contributed by atoms with Crippen molar-refractivity contribution in [2.45, 2.75) is 19.3 Å². The van der Waals surface area contributed by atoms with Crippen molar-refractivity contribution in [2.24, 2.45) is 0 Å². The van der Waals surface area contributed by atoms with Gasteiger partial charge in [0, 0.05) is 29.6 Å². The van der Waals surface area contributed by atoms with E-state index in [0.29, 0.717) is 0 Å². The number of pyridine rings is 1. The van der Waals surface area contributed by atoms with Gasteiger partial charge in [0.1, 0.15) is 11.4 Å². The zero-order valence-corrected chi connectivity index (χ0v) is 11.2. The van der Waals surface area contributed by atoms with Crippen molar-refractivity contribution in [1.82, 2.24) is 10.3 Å². The predicted octanol–water partition coefficient (Wildman–Crippen LogP) is 3.72. The molecule has 1 aromatic carbocycles. The molecule has 3 heterocycles. The third-order valence-electron chi connectivity index (χ3n) is 3.88. The first kappa shape index (κ1) is 11.5. The van der Waals surface area contributed by atoms with Gasteiger partial charge in [-0.05, 0) is 37.5 Å². The fraction of sp³-hybridized carbons (Fsp3) is 0.235. The van der Waals surface area contributed by atoms with Crippen molar-refractivity contribution in [3.05, 3.63) is 59.5 Å². The summed E-state index contributed by atoms with van der Waals surface area (Å²) in [5, 5.41) is 3.55. The van der Waals surface area contributed by atoms with Gasteiger partial charge in [-0.15, -0.1) is 0 Å². The molecule has 3 nitrogen and oxygen atoms in total. The Bertz CT molecular complexity index is 635. The summed E-state index contributed by atoms with van der Waals surface area (Å²) in [5.41, 5.74) is 4.60. The van der Waals surface area contributed by atoms with Crippen molar-refractivity contribution in [2.75, 3.05) is 6.54 Å². The van der Waals surface area contributed by atoms with Gasteiger partial charge in [0.15, 0.2) is 5.75 Å². The van der Waals surface area contributed by atoms with E-state index in [2.05, 4.69) is 22.4 Å². The zero-order chi connectivity index (χ0) is 13.4. The summed E-state index contributed by atoms with van der Waals surface area (Å²) in [6, 6.07) is 12.1. The Morgan fingerprint density at radius 1 is 1.00 bits per heavy atom. The van der Waals surface area contributed by atoms with Gasteiger partial charge in [0.05, 0.1) is 0 Å². The summed E-state index contributed by atoms with van der Waals surface area (Å²) in [5.74, 6) is 1.77. The number of ether oxygens (including phenoxy) is 1. The molecule has 0 aliphatic carbocycles. The Labute approximate surface area is 118 Å². The highest BCUT2D eigenvalue weighted by molar-refractivity contribution is 5.87. The monoisotopic (exact) mass is 264 g/mol. The average molecular weight is 264 g/mol. The highest BCUT2D eigenvalue weighted by Crippen LogP contribution is 2.44. The maximum Gasteiger partial charge on any atom is 0.153 e. The summed E-state index contributed by atoms with van der Waals surface area (Å²) in [6.07, 6.45) is 5.39. The molecule has 2 aliphatic heterocycles. The lowest BCUT2D eigenvalue weighted by molar-refractivity contribution is 0.469. The molecule has 0 amide bonds. The van der Waals surface area contributed by atoms with Crippen LogP contribution >= 0.6 is 0 Å². The molecular weight excluding hydrogens is 248 g/mol. The first-order valence-corrected chi connectivity index (χ1v) is 7.13. The summed E-state index contributed by atoms with van der Waals surface area (Å²) in [7, 11) is 0. The molecule has 1 aromatic heterocycles. The van der Waals surface area contributed by atoms with Crippen molar-refractivity contribution >= 4 is 5.57 Å². The van der Waals surface area contributed by atoms with E-state index in [1.54, 1.807) is 0 Å². The van der Waals surface area contributed by atoms with Crippen LogP contribution in [0.15, 0.2) is 48.3 Å². The minimum absolute atomic E-state index is 0.848. The van der Waals surface area contributed by atoms with E-state index in [1.165, 1.54) is 24.1 Å². The number of hydrogen-bond donors (Lipinski definition) is 1. The lowest BCUT2D eigenvalue weighted by Gasteiger charge is -2.27. The highest BCUT2D eigenvalue weighted by atomic mass is 16.5. The largest absolute Gasteiger partial charge is 0.454 e. The standard InChI is InChI=1S/C17H16N2O/c1-2-8-14-12(6-1)16(13-7-3-4-10-18-13)17-15(20-14)9-5-11-19-17/h1-2,5-6,8-9,11,18H,3-4,7,10H2. The molecule has 100 valence electrons. The third kappa shape index (κ3) is 1.78. The summed E-state index contributed by atoms with van der Waals surface area (Å²) in [6.45, 7) is 1.05. The number of para-hydroxylation sites is 1. The van der Waals surface area contributed by atoms with Gasteiger partial charge in [0.25, 0.3) is 0 Å². The topological polar surface area (TPSA) is 34.1 Å². The van der Waals surface area contributed by atoms with E-state index in [9.17, 15) is 0 Å². The van der Waals surface area contributed by atoms with E-state index >= 15 is 0 Å². The lowest BCUT2D eigenvalue weighted by Crippen LogP contribution is -2.22. The van der Waals surface area contributed by atoms with Gasteiger partial charge in [-0.3, -0.25) is 4.98 Å². The molecule has 0 atom stereocenters. The summed E-state index contributed by atoms with van der Waals surface area (Å²) in [4.78, 5) is 4.55. The molecule has 3 heteroatoms. The van der Waals surface area contributed by atoms with Crippen LogP contribution in [-0.2, 0) is 0 Å².